The number of nitrogens with zero attached hydrogens (tertiary/aromatic N) is 2. The smallest absolute Gasteiger partial charge is 0.273 e. The van der Waals surface area contributed by atoms with Gasteiger partial charge in [-0.2, -0.15) is 0 Å². The van der Waals surface area contributed by atoms with E-state index in [9.17, 15) is 13.2 Å². The predicted octanol–water partition coefficient (Wildman–Crippen LogP) is 1.64. The zero-order valence-electron chi connectivity index (χ0n) is 12.5. The molecule has 0 spiro atoms. The summed E-state index contributed by atoms with van der Waals surface area (Å²) in [6, 6.07) is 0.169. The minimum absolute atomic E-state index is 0.00201. The zero-order chi connectivity index (χ0) is 15.7. The first kappa shape index (κ1) is 15.9. The second-order valence-corrected chi connectivity index (χ2v) is 9.08. The van der Waals surface area contributed by atoms with Crippen molar-refractivity contribution in [2.45, 2.75) is 37.8 Å². The molecule has 1 saturated heterocycles. The fourth-order valence-electron chi connectivity index (χ4n) is 2.55. The largest absolute Gasteiger partial charge is 0.371 e. The monoisotopic (exact) mass is 344 g/mol. The number of carbonyl (C=O) groups excluding carboxylic acids is 1. The maximum absolute atomic E-state index is 12.6. The molecule has 1 aliphatic carbocycles. The van der Waals surface area contributed by atoms with Gasteiger partial charge in [-0.05, 0) is 25.7 Å². The summed E-state index contributed by atoms with van der Waals surface area (Å²) in [6.07, 6.45) is 5.06. The molecule has 2 aliphatic rings. The molecule has 0 aromatic carbocycles. The lowest BCUT2D eigenvalue weighted by Crippen LogP contribution is -2.37. The first-order valence-electron chi connectivity index (χ1n) is 7.50. The van der Waals surface area contributed by atoms with Crippen LogP contribution in [0.15, 0.2) is 5.38 Å². The van der Waals surface area contributed by atoms with Crippen LogP contribution in [0.3, 0.4) is 0 Å². The molecule has 1 aromatic heterocycles. The van der Waals surface area contributed by atoms with Gasteiger partial charge in [-0.25, -0.2) is 13.4 Å². The number of amides is 1. The molecule has 0 N–H and O–H groups in total. The summed E-state index contributed by atoms with van der Waals surface area (Å²) in [5.41, 5.74) is 0.413. The lowest BCUT2D eigenvalue weighted by atomic mass is 10.2. The van der Waals surface area contributed by atoms with Crippen molar-refractivity contribution in [3.05, 3.63) is 16.1 Å². The van der Waals surface area contributed by atoms with Gasteiger partial charge in [0.2, 0.25) is 0 Å². The highest BCUT2D eigenvalue weighted by Crippen LogP contribution is 2.32. The van der Waals surface area contributed by atoms with Crippen molar-refractivity contribution in [2.75, 3.05) is 25.2 Å². The highest BCUT2D eigenvalue weighted by molar-refractivity contribution is 7.90. The fraction of sp³-hybridized carbons (Fsp3) is 0.714. The SMILES string of the molecule is CS(=O)(=O)CCN(C(=O)c1csc(C2CCCO2)n1)C1CC1. The quantitative estimate of drug-likeness (QED) is 0.784. The molecular formula is C14H20N2O4S2. The van der Waals surface area contributed by atoms with Crippen molar-refractivity contribution >= 4 is 27.1 Å². The lowest BCUT2D eigenvalue weighted by molar-refractivity contribution is 0.0747. The third kappa shape index (κ3) is 3.85. The Kier molecular flexibility index (Phi) is 4.52. The van der Waals surface area contributed by atoms with E-state index in [-0.39, 0.29) is 30.4 Å². The summed E-state index contributed by atoms with van der Waals surface area (Å²) in [6.45, 7) is 0.991. The minimum atomic E-state index is -3.08. The van der Waals surface area contributed by atoms with Crippen molar-refractivity contribution in [1.29, 1.82) is 0 Å². The van der Waals surface area contributed by atoms with Crippen LogP contribution < -0.4 is 0 Å². The van der Waals surface area contributed by atoms with E-state index in [2.05, 4.69) is 4.98 Å². The molecule has 8 heteroatoms. The number of hydrogen-bond donors (Lipinski definition) is 0. The average molecular weight is 344 g/mol. The van der Waals surface area contributed by atoms with Gasteiger partial charge in [0.1, 0.15) is 26.6 Å². The van der Waals surface area contributed by atoms with Crippen LogP contribution in [0.4, 0.5) is 0 Å². The summed E-state index contributed by atoms with van der Waals surface area (Å²) in [5.74, 6) is -0.163. The summed E-state index contributed by atoms with van der Waals surface area (Å²) in [5, 5.41) is 2.61. The number of aromatic nitrogens is 1. The van der Waals surface area contributed by atoms with Crippen LogP contribution >= 0.6 is 11.3 Å². The van der Waals surface area contributed by atoms with Crippen LogP contribution in [0, 0.1) is 0 Å². The summed E-state index contributed by atoms with van der Waals surface area (Å²) >= 11 is 1.45. The fourth-order valence-corrected chi connectivity index (χ4v) is 3.96. The van der Waals surface area contributed by atoms with Gasteiger partial charge in [-0.15, -0.1) is 11.3 Å². The highest BCUT2D eigenvalue weighted by Gasteiger charge is 2.34. The minimum Gasteiger partial charge on any atom is -0.371 e. The molecule has 2 fully saturated rings. The number of carbonyl (C=O) groups is 1. The Morgan fingerprint density at radius 3 is 2.82 bits per heavy atom. The molecule has 2 heterocycles. The Labute approximate surface area is 134 Å². The lowest BCUT2D eigenvalue weighted by Gasteiger charge is -2.20. The number of hydrogen-bond acceptors (Lipinski definition) is 6. The first-order valence-corrected chi connectivity index (χ1v) is 10.4. The van der Waals surface area contributed by atoms with E-state index in [4.69, 9.17) is 4.74 Å². The Balaban J connectivity index is 1.70. The molecule has 1 aromatic rings. The Hall–Kier alpha value is -0.990. The molecule has 1 amide bonds. The van der Waals surface area contributed by atoms with E-state index >= 15 is 0 Å². The molecular weight excluding hydrogens is 324 g/mol. The molecule has 1 atom stereocenters. The van der Waals surface area contributed by atoms with E-state index in [0.29, 0.717) is 5.69 Å². The number of rotatable bonds is 6. The Morgan fingerprint density at radius 1 is 1.45 bits per heavy atom. The number of ether oxygens (including phenoxy) is 1. The molecule has 22 heavy (non-hydrogen) atoms. The van der Waals surface area contributed by atoms with Gasteiger partial charge in [-0.3, -0.25) is 4.79 Å². The first-order chi connectivity index (χ1) is 10.4. The standard InChI is InChI=1S/C14H20N2O4S2/c1-22(18,19)8-6-16(10-4-5-10)14(17)11-9-21-13(15-11)12-3-2-7-20-12/h9-10,12H,2-8H2,1H3. The van der Waals surface area contributed by atoms with Crippen LogP contribution in [0.5, 0.6) is 0 Å². The van der Waals surface area contributed by atoms with Gasteiger partial charge in [0.25, 0.3) is 5.91 Å². The third-order valence-corrected chi connectivity index (χ3v) is 5.76. The van der Waals surface area contributed by atoms with E-state index in [1.54, 1.807) is 10.3 Å². The van der Waals surface area contributed by atoms with Gasteiger partial charge >= 0.3 is 0 Å². The highest BCUT2D eigenvalue weighted by atomic mass is 32.2. The van der Waals surface area contributed by atoms with E-state index in [1.165, 1.54) is 17.6 Å². The van der Waals surface area contributed by atoms with Gasteiger partial charge in [0.05, 0.1) is 5.75 Å². The summed E-state index contributed by atoms with van der Waals surface area (Å²) < 4.78 is 28.3. The molecule has 0 radical (unpaired) electrons. The topological polar surface area (TPSA) is 76.6 Å². The molecule has 6 nitrogen and oxygen atoms in total. The van der Waals surface area contributed by atoms with E-state index in [1.807, 2.05) is 0 Å². The summed E-state index contributed by atoms with van der Waals surface area (Å²) in [7, 11) is -3.08. The van der Waals surface area contributed by atoms with Gasteiger partial charge in [0, 0.05) is 30.8 Å². The summed E-state index contributed by atoms with van der Waals surface area (Å²) in [4.78, 5) is 18.7. The van der Waals surface area contributed by atoms with Gasteiger partial charge in [0.15, 0.2) is 0 Å². The van der Waals surface area contributed by atoms with Crippen LogP contribution in [0.1, 0.15) is 47.3 Å². The van der Waals surface area contributed by atoms with Crippen LogP contribution in [-0.4, -0.2) is 55.4 Å². The van der Waals surface area contributed by atoms with Crippen molar-refractivity contribution in [2.24, 2.45) is 0 Å². The number of sulfone groups is 1. The number of thiazole rings is 1. The van der Waals surface area contributed by atoms with Crippen LogP contribution in [0.25, 0.3) is 0 Å². The van der Waals surface area contributed by atoms with Gasteiger partial charge in [-0.1, -0.05) is 0 Å². The Bertz CT molecular complexity index is 646. The average Bonchev–Trinajstić information content (AvgIpc) is 2.96. The molecule has 0 bridgehead atoms. The maximum atomic E-state index is 12.6. The van der Waals surface area contributed by atoms with Crippen molar-refractivity contribution in [3.8, 4) is 0 Å². The van der Waals surface area contributed by atoms with Crippen molar-refractivity contribution < 1.29 is 17.9 Å². The third-order valence-electron chi connectivity index (χ3n) is 3.90. The second kappa shape index (κ2) is 6.25. The van der Waals surface area contributed by atoms with Crippen molar-refractivity contribution in [3.63, 3.8) is 0 Å². The molecule has 3 rings (SSSR count). The zero-order valence-corrected chi connectivity index (χ0v) is 14.2. The van der Waals surface area contributed by atoms with Crippen LogP contribution in [-0.2, 0) is 14.6 Å². The van der Waals surface area contributed by atoms with E-state index < -0.39 is 9.84 Å². The predicted molar refractivity (Wildman–Crippen MR) is 83.8 cm³/mol. The molecule has 1 aliphatic heterocycles. The van der Waals surface area contributed by atoms with Gasteiger partial charge < -0.3 is 9.64 Å². The van der Waals surface area contributed by atoms with E-state index in [0.717, 1.165) is 37.3 Å². The van der Waals surface area contributed by atoms with Crippen LogP contribution in [0.2, 0.25) is 0 Å². The molecule has 1 saturated carbocycles. The molecule has 1 unspecified atom stereocenters. The normalized spacial score (nSPS) is 22.0. The Morgan fingerprint density at radius 2 is 2.23 bits per heavy atom. The maximum Gasteiger partial charge on any atom is 0.273 e. The second-order valence-electron chi connectivity index (χ2n) is 5.93. The molecule has 122 valence electrons. The van der Waals surface area contributed by atoms with Crippen molar-refractivity contribution in [1.82, 2.24) is 9.88 Å².